The van der Waals surface area contributed by atoms with Crippen LogP contribution in [0.15, 0.2) is 47.4 Å². The highest BCUT2D eigenvalue weighted by atomic mass is 32.2. The highest BCUT2D eigenvalue weighted by molar-refractivity contribution is 7.87. The Bertz CT molecular complexity index is 715. The lowest BCUT2D eigenvalue weighted by Crippen LogP contribution is -2.32. The molecular weight excluding hydrogens is 346 g/mol. The molecular formula is C17H25NO6S. The van der Waals surface area contributed by atoms with Crippen LogP contribution in [0, 0.1) is 0 Å². The van der Waals surface area contributed by atoms with Crippen LogP contribution >= 0.6 is 0 Å². The third-order valence-electron chi connectivity index (χ3n) is 3.49. The predicted molar refractivity (Wildman–Crippen MR) is 95.8 cm³/mol. The van der Waals surface area contributed by atoms with Gasteiger partial charge in [0, 0.05) is 25.0 Å². The summed E-state index contributed by atoms with van der Waals surface area (Å²) >= 11 is 0. The van der Waals surface area contributed by atoms with Gasteiger partial charge in [0.15, 0.2) is 0 Å². The second-order valence-electron chi connectivity index (χ2n) is 5.11. The molecule has 0 radical (unpaired) electrons. The van der Waals surface area contributed by atoms with Gasteiger partial charge in [-0.2, -0.15) is 8.42 Å². The molecule has 0 aromatic heterocycles. The van der Waals surface area contributed by atoms with E-state index in [1.54, 1.807) is 29.2 Å². The van der Waals surface area contributed by atoms with Crippen LogP contribution in [0.25, 0.3) is 10.8 Å². The molecule has 7 nitrogen and oxygen atoms in total. The van der Waals surface area contributed by atoms with Crippen LogP contribution in [0.4, 0.5) is 0 Å². The van der Waals surface area contributed by atoms with Gasteiger partial charge in [0.2, 0.25) is 0 Å². The van der Waals surface area contributed by atoms with Crippen molar-refractivity contribution in [1.82, 2.24) is 4.90 Å². The summed E-state index contributed by atoms with van der Waals surface area (Å²) in [5, 5.41) is 27.0. The molecule has 25 heavy (non-hydrogen) atoms. The highest BCUT2D eigenvalue weighted by Gasteiger charge is 2.15. The molecule has 140 valence electrons. The van der Waals surface area contributed by atoms with E-state index in [4.69, 9.17) is 15.3 Å². The molecule has 0 bridgehead atoms. The molecule has 0 fully saturated rings. The van der Waals surface area contributed by atoms with Gasteiger partial charge in [0.1, 0.15) is 4.90 Å². The average molecular weight is 371 g/mol. The summed E-state index contributed by atoms with van der Waals surface area (Å²) in [7, 11) is -2.46. The minimum Gasteiger partial charge on any atom is -0.395 e. The minimum atomic E-state index is -3.62. The summed E-state index contributed by atoms with van der Waals surface area (Å²) in [4.78, 5) is 2.00. The van der Waals surface area contributed by atoms with Gasteiger partial charge >= 0.3 is 0 Å². The Kier molecular flexibility index (Phi) is 9.58. The van der Waals surface area contributed by atoms with Gasteiger partial charge in [-0.1, -0.05) is 36.4 Å². The van der Waals surface area contributed by atoms with Crippen LogP contribution in [0.3, 0.4) is 0 Å². The number of aliphatic hydroxyl groups is 3. The fourth-order valence-corrected chi connectivity index (χ4v) is 3.14. The van der Waals surface area contributed by atoms with E-state index in [2.05, 4.69) is 4.18 Å². The molecule has 0 spiro atoms. The molecule has 0 aliphatic carbocycles. The number of hydrogen-bond acceptors (Lipinski definition) is 7. The molecule has 3 N–H and O–H groups in total. The summed E-state index contributed by atoms with van der Waals surface area (Å²) in [6.07, 6.45) is 0. The molecule has 0 saturated heterocycles. The van der Waals surface area contributed by atoms with Crippen molar-refractivity contribution in [2.24, 2.45) is 0 Å². The minimum absolute atomic E-state index is 0.0694. The van der Waals surface area contributed by atoms with E-state index in [1.807, 2.05) is 18.2 Å². The second kappa shape index (κ2) is 11.1. The Labute approximate surface area is 148 Å². The van der Waals surface area contributed by atoms with E-state index < -0.39 is 10.1 Å². The standard InChI is InChI=1S/C11H10O3S.C6H15NO3/c1-14-15(12,13)11-8-4-6-9-5-2-3-7-10(9)11;8-4-1-7(2-5-9)3-6-10/h2-8H,1H3;8-10H,1-6H2. The summed E-state index contributed by atoms with van der Waals surface area (Å²) < 4.78 is 27.7. The average Bonchev–Trinajstić information content (AvgIpc) is 2.62. The molecule has 0 amide bonds. The largest absolute Gasteiger partial charge is 0.395 e. The Morgan fingerprint density at radius 2 is 1.40 bits per heavy atom. The van der Waals surface area contributed by atoms with Crippen molar-refractivity contribution in [3.63, 3.8) is 0 Å². The third kappa shape index (κ3) is 6.69. The maximum atomic E-state index is 11.6. The first kappa shape index (κ1) is 21.5. The lowest BCUT2D eigenvalue weighted by molar-refractivity contribution is 0.136. The van der Waals surface area contributed by atoms with Crippen LogP contribution in [-0.2, 0) is 14.3 Å². The zero-order valence-electron chi connectivity index (χ0n) is 14.2. The molecule has 0 saturated carbocycles. The van der Waals surface area contributed by atoms with Gasteiger partial charge in [-0.3, -0.25) is 9.08 Å². The number of rotatable bonds is 8. The van der Waals surface area contributed by atoms with Crippen molar-refractivity contribution in [1.29, 1.82) is 0 Å². The molecule has 2 aromatic rings. The first-order valence-electron chi connectivity index (χ1n) is 7.83. The summed E-state index contributed by atoms with van der Waals surface area (Å²) in [5.41, 5.74) is 0. The van der Waals surface area contributed by atoms with Gasteiger partial charge in [-0.15, -0.1) is 0 Å². The van der Waals surface area contributed by atoms with Crippen molar-refractivity contribution < 1.29 is 27.9 Å². The molecule has 0 aliphatic heterocycles. The van der Waals surface area contributed by atoms with E-state index in [9.17, 15) is 8.42 Å². The zero-order chi connectivity index (χ0) is 18.7. The van der Waals surface area contributed by atoms with E-state index in [-0.39, 0.29) is 24.7 Å². The maximum absolute atomic E-state index is 11.6. The van der Waals surface area contributed by atoms with E-state index in [1.165, 1.54) is 0 Å². The fourth-order valence-electron chi connectivity index (χ4n) is 2.26. The van der Waals surface area contributed by atoms with Gasteiger partial charge in [0.05, 0.1) is 26.9 Å². The van der Waals surface area contributed by atoms with Crippen LogP contribution in [0.2, 0.25) is 0 Å². The van der Waals surface area contributed by atoms with Gasteiger partial charge in [-0.25, -0.2) is 0 Å². The van der Waals surface area contributed by atoms with E-state index in [0.717, 1.165) is 12.5 Å². The van der Waals surface area contributed by atoms with Crippen molar-refractivity contribution >= 4 is 20.9 Å². The normalized spacial score (nSPS) is 11.4. The predicted octanol–water partition coefficient (Wildman–Crippen LogP) is 0.440. The van der Waals surface area contributed by atoms with Crippen molar-refractivity contribution in [3.05, 3.63) is 42.5 Å². The Balaban J connectivity index is 0.000000275. The monoisotopic (exact) mass is 371 g/mol. The van der Waals surface area contributed by atoms with Crippen molar-refractivity contribution in [2.45, 2.75) is 4.90 Å². The quantitative estimate of drug-likeness (QED) is 0.578. The van der Waals surface area contributed by atoms with Crippen molar-refractivity contribution in [2.75, 3.05) is 46.6 Å². The molecule has 2 rings (SSSR count). The lowest BCUT2D eigenvalue weighted by Gasteiger charge is -2.17. The Hall–Kier alpha value is -1.55. The van der Waals surface area contributed by atoms with Crippen LogP contribution < -0.4 is 0 Å². The fraction of sp³-hybridized carbons (Fsp3) is 0.412. The lowest BCUT2D eigenvalue weighted by atomic mass is 10.1. The Morgan fingerprint density at radius 3 is 1.92 bits per heavy atom. The van der Waals surface area contributed by atoms with Gasteiger partial charge in [0.25, 0.3) is 10.1 Å². The summed E-state index contributed by atoms with van der Waals surface area (Å²) in [6, 6.07) is 12.4. The number of hydrogen-bond donors (Lipinski definition) is 3. The molecule has 2 aromatic carbocycles. The van der Waals surface area contributed by atoms with E-state index in [0.29, 0.717) is 25.0 Å². The van der Waals surface area contributed by atoms with E-state index >= 15 is 0 Å². The molecule has 0 heterocycles. The zero-order valence-corrected chi connectivity index (χ0v) is 15.0. The smallest absolute Gasteiger partial charge is 0.297 e. The summed E-state index contributed by atoms with van der Waals surface area (Å²) in [5.74, 6) is 0. The molecule has 0 aliphatic rings. The summed E-state index contributed by atoms with van der Waals surface area (Å²) in [6.45, 7) is 1.75. The third-order valence-corrected chi connectivity index (χ3v) is 4.82. The molecule has 0 atom stereocenters. The first-order valence-corrected chi connectivity index (χ1v) is 9.24. The Morgan fingerprint density at radius 1 is 0.880 bits per heavy atom. The highest BCUT2D eigenvalue weighted by Crippen LogP contribution is 2.23. The topological polar surface area (TPSA) is 107 Å². The maximum Gasteiger partial charge on any atom is 0.297 e. The molecule has 8 heteroatoms. The van der Waals surface area contributed by atoms with Crippen molar-refractivity contribution in [3.8, 4) is 0 Å². The number of benzene rings is 2. The number of fused-ring (bicyclic) bond motifs is 1. The first-order chi connectivity index (χ1) is 12.0. The van der Waals surface area contributed by atoms with Gasteiger partial charge < -0.3 is 15.3 Å². The number of nitrogens with zero attached hydrogens (tertiary/aromatic N) is 1. The number of aliphatic hydroxyl groups excluding tert-OH is 3. The van der Waals surface area contributed by atoms with Crippen LogP contribution in [0.1, 0.15) is 0 Å². The van der Waals surface area contributed by atoms with Crippen LogP contribution in [0.5, 0.6) is 0 Å². The molecule has 0 unspecified atom stereocenters. The van der Waals surface area contributed by atoms with Crippen LogP contribution in [-0.4, -0.2) is 75.2 Å². The SMILES string of the molecule is COS(=O)(=O)c1cccc2ccccc12.OCCN(CCO)CCO. The van der Waals surface area contributed by atoms with Gasteiger partial charge in [-0.05, 0) is 11.5 Å². The second-order valence-corrected chi connectivity index (χ2v) is 6.79.